The molecule has 1 spiro atoms. The van der Waals surface area contributed by atoms with Gasteiger partial charge in [-0.15, -0.1) is 0 Å². The lowest BCUT2D eigenvalue weighted by Crippen LogP contribution is -2.51. The van der Waals surface area contributed by atoms with Gasteiger partial charge in [0.25, 0.3) is 0 Å². The van der Waals surface area contributed by atoms with Crippen LogP contribution in [0.25, 0.3) is 0 Å². The van der Waals surface area contributed by atoms with E-state index in [2.05, 4.69) is 17.4 Å². The maximum atomic E-state index is 12.9. The summed E-state index contributed by atoms with van der Waals surface area (Å²) in [6.45, 7) is 4.06. The number of hydrogen-bond acceptors (Lipinski definition) is 5. The highest BCUT2D eigenvalue weighted by Crippen LogP contribution is 2.45. The van der Waals surface area contributed by atoms with Gasteiger partial charge < -0.3 is 24.4 Å². The Bertz CT molecular complexity index is 692. The van der Waals surface area contributed by atoms with Crippen molar-refractivity contribution in [3.8, 4) is 11.5 Å². The average molecular weight is 374 g/mol. The minimum absolute atomic E-state index is 0.136. The first-order chi connectivity index (χ1) is 13.2. The second-order valence-electron chi connectivity index (χ2n) is 7.83. The van der Waals surface area contributed by atoms with Crippen LogP contribution in [0.15, 0.2) is 12.1 Å². The van der Waals surface area contributed by atoms with Crippen molar-refractivity contribution in [3.05, 3.63) is 23.3 Å². The highest BCUT2D eigenvalue weighted by molar-refractivity contribution is 5.79. The van der Waals surface area contributed by atoms with E-state index in [0.29, 0.717) is 12.5 Å². The molecule has 0 radical (unpaired) electrons. The molecule has 2 saturated heterocycles. The van der Waals surface area contributed by atoms with Crippen molar-refractivity contribution >= 4 is 5.91 Å². The van der Waals surface area contributed by atoms with E-state index in [9.17, 15) is 4.79 Å². The number of amides is 1. The maximum Gasteiger partial charge on any atom is 0.226 e. The van der Waals surface area contributed by atoms with Gasteiger partial charge in [-0.3, -0.25) is 4.79 Å². The van der Waals surface area contributed by atoms with Gasteiger partial charge in [0.05, 0.1) is 32.3 Å². The van der Waals surface area contributed by atoms with Crippen LogP contribution in [0.1, 0.15) is 36.8 Å². The first-order valence-electron chi connectivity index (χ1n) is 10.1. The van der Waals surface area contributed by atoms with Crippen LogP contribution in [0.4, 0.5) is 0 Å². The third-order valence-electron chi connectivity index (χ3n) is 6.38. The van der Waals surface area contributed by atoms with Crippen molar-refractivity contribution in [1.82, 2.24) is 10.2 Å². The molecule has 3 heterocycles. The lowest BCUT2D eigenvalue weighted by molar-refractivity contribution is -0.145. The van der Waals surface area contributed by atoms with E-state index in [1.807, 2.05) is 4.90 Å². The standard InChI is InChI=1S/C21H30N2O4/c1-25-18-12-15-5-11-27-21(17(15)13-19(18)26-2)6-9-23(10-7-21)20(24)16-4-3-8-22-14-16/h12-13,16,22H,3-11,14H2,1-2H3. The van der Waals surface area contributed by atoms with Crippen molar-refractivity contribution < 1.29 is 19.0 Å². The van der Waals surface area contributed by atoms with E-state index in [0.717, 1.165) is 69.8 Å². The molecule has 0 aromatic heterocycles. The fraction of sp³-hybridized carbons (Fsp3) is 0.667. The second-order valence-corrected chi connectivity index (χ2v) is 7.83. The van der Waals surface area contributed by atoms with Gasteiger partial charge in [-0.1, -0.05) is 0 Å². The number of methoxy groups -OCH3 is 2. The summed E-state index contributed by atoms with van der Waals surface area (Å²) in [5, 5.41) is 3.35. The zero-order chi connectivity index (χ0) is 18.9. The molecule has 1 aromatic carbocycles. The molecular weight excluding hydrogens is 344 g/mol. The Morgan fingerprint density at radius 1 is 1.22 bits per heavy atom. The molecule has 1 amide bonds. The Balaban J connectivity index is 1.52. The maximum absolute atomic E-state index is 12.9. The fourth-order valence-electron chi connectivity index (χ4n) is 4.81. The molecule has 0 bridgehead atoms. The molecule has 3 aliphatic heterocycles. The number of benzene rings is 1. The quantitative estimate of drug-likeness (QED) is 0.878. The molecule has 0 saturated carbocycles. The third kappa shape index (κ3) is 3.41. The Labute approximate surface area is 161 Å². The van der Waals surface area contributed by atoms with Crippen molar-refractivity contribution in [3.63, 3.8) is 0 Å². The van der Waals surface area contributed by atoms with Crippen LogP contribution >= 0.6 is 0 Å². The molecule has 4 rings (SSSR count). The molecule has 1 aromatic rings. The molecule has 6 nitrogen and oxygen atoms in total. The molecule has 27 heavy (non-hydrogen) atoms. The summed E-state index contributed by atoms with van der Waals surface area (Å²) in [4.78, 5) is 14.9. The molecule has 2 fully saturated rings. The Morgan fingerprint density at radius 2 is 1.96 bits per heavy atom. The summed E-state index contributed by atoms with van der Waals surface area (Å²) in [7, 11) is 3.34. The van der Waals surface area contributed by atoms with Gasteiger partial charge in [0, 0.05) is 19.6 Å². The first kappa shape index (κ1) is 18.6. The van der Waals surface area contributed by atoms with E-state index in [1.54, 1.807) is 14.2 Å². The van der Waals surface area contributed by atoms with Gasteiger partial charge in [0.15, 0.2) is 11.5 Å². The normalized spacial score (nSPS) is 24.4. The molecule has 1 N–H and O–H groups in total. The first-order valence-corrected chi connectivity index (χ1v) is 10.1. The summed E-state index contributed by atoms with van der Waals surface area (Å²) in [6, 6.07) is 4.17. The summed E-state index contributed by atoms with van der Waals surface area (Å²) in [5.41, 5.74) is 2.17. The van der Waals surface area contributed by atoms with Gasteiger partial charge in [-0.05, 0) is 61.9 Å². The van der Waals surface area contributed by atoms with E-state index >= 15 is 0 Å². The fourth-order valence-corrected chi connectivity index (χ4v) is 4.81. The Kier molecular flexibility index (Phi) is 5.28. The third-order valence-corrected chi connectivity index (χ3v) is 6.38. The number of fused-ring (bicyclic) bond motifs is 2. The van der Waals surface area contributed by atoms with Crippen LogP contribution in [0, 0.1) is 5.92 Å². The molecule has 3 aliphatic rings. The smallest absolute Gasteiger partial charge is 0.226 e. The Morgan fingerprint density at radius 3 is 2.63 bits per heavy atom. The zero-order valence-electron chi connectivity index (χ0n) is 16.4. The number of piperidine rings is 2. The van der Waals surface area contributed by atoms with Gasteiger partial charge in [-0.25, -0.2) is 0 Å². The van der Waals surface area contributed by atoms with Gasteiger partial charge >= 0.3 is 0 Å². The number of nitrogens with one attached hydrogen (secondary N) is 1. The SMILES string of the molecule is COc1cc2c(cc1OC)C1(CCN(C(=O)C3CCCNC3)CC1)OCC2. The summed E-state index contributed by atoms with van der Waals surface area (Å²) < 4.78 is 17.3. The van der Waals surface area contributed by atoms with Crippen molar-refractivity contribution in [1.29, 1.82) is 0 Å². The largest absolute Gasteiger partial charge is 0.493 e. The van der Waals surface area contributed by atoms with Crippen LogP contribution in [0.3, 0.4) is 0 Å². The summed E-state index contributed by atoms with van der Waals surface area (Å²) >= 11 is 0. The highest BCUT2D eigenvalue weighted by atomic mass is 16.5. The molecule has 0 aliphatic carbocycles. The number of nitrogens with zero attached hydrogens (tertiary/aromatic N) is 1. The number of carbonyl (C=O) groups is 1. The van der Waals surface area contributed by atoms with E-state index in [4.69, 9.17) is 14.2 Å². The number of carbonyl (C=O) groups excluding carboxylic acids is 1. The minimum Gasteiger partial charge on any atom is -0.493 e. The Hall–Kier alpha value is -1.79. The lowest BCUT2D eigenvalue weighted by Gasteiger charge is -2.46. The number of likely N-dealkylation sites (tertiary alicyclic amines) is 1. The van der Waals surface area contributed by atoms with Gasteiger partial charge in [-0.2, -0.15) is 0 Å². The molecule has 148 valence electrons. The van der Waals surface area contributed by atoms with E-state index in [-0.39, 0.29) is 11.5 Å². The van der Waals surface area contributed by atoms with Crippen LogP contribution in [0.2, 0.25) is 0 Å². The van der Waals surface area contributed by atoms with Crippen LogP contribution in [0.5, 0.6) is 11.5 Å². The average Bonchev–Trinajstić information content (AvgIpc) is 2.74. The van der Waals surface area contributed by atoms with E-state index in [1.165, 1.54) is 11.1 Å². The number of hydrogen-bond donors (Lipinski definition) is 1. The van der Waals surface area contributed by atoms with Crippen LogP contribution < -0.4 is 14.8 Å². The monoisotopic (exact) mass is 374 g/mol. The number of ether oxygens (including phenoxy) is 3. The van der Waals surface area contributed by atoms with Crippen LogP contribution in [-0.4, -0.2) is 57.8 Å². The zero-order valence-corrected chi connectivity index (χ0v) is 16.4. The molecule has 1 atom stereocenters. The predicted octanol–water partition coefficient (Wildman–Crippen LogP) is 2.09. The molecule has 6 heteroatoms. The van der Waals surface area contributed by atoms with Crippen LogP contribution in [-0.2, 0) is 21.6 Å². The summed E-state index contributed by atoms with van der Waals surface area (Å²) in [5.74, 6) is 1.95. The van der Waals surface area contributed by atoms with Gasteiger partial charge in [0.2, 0.25) is 5.91 Å². The van der Waals surface area contributed by atoms with Gasteiger partial charge in [0.1, 0.15) is 0 Å². The number of rotatable bonds is 3. The molecule has 1 unspecified atom stereocenters. The van der Waals surface area contributed by atoms with E-state index < -0.39 is 0 Å². The second kappa shape index (κ2) is 7.68. The topological polar surface area (TPSA) is 60.0 Å². The minimum atomic E-state index is -0.311. The highest BCUT2D eigenvalue weighted by Gasteiger charge is 2.43. The molecular formula is C21H30N2O4. The predicted molar refractivity (Wildman–Crippen MR) is 102 cm³/mol. The lowest BCUT2D eigenvalue weighted by atomic mass is 9.79. The van der Waals surface area contributed by atoms with Crippen molar-refractivity contribution in [2.75, 3.05) is 47.0 Å². The summed E-state index contributed by atoms with van der Waals surface area (Å²) in [6.07, 6.45) is 4.65. The van der Waals surface area contributed by atoms with Crippen molar-refractivity contribution in [2.24, 2.45) is 5.92 Å². The van der Waals surface area contributed by atoms with Crippen molar-refractivity contribution in [2.45, 2.75) is 37.7 Å².